The van der Waals surface area contributed by atoms with Gasteiger partial charge in [0.15, 0.2) is 0 Å². The van der Waals surface area contributed by atoms with Crippen molar-refractivity contribution in [2.75, 3.05) is 26.2 Å². The number of aromatic nitrogens is 1. The van der Waals surface area contributed by atoms with Gasteiger partial charge in [-0.3, -0.25) is 4.90 Å². The van der Waals surface area contributed by atoms with E-state index in [1.54, 1.807) is 23.1 Å². The maximum Gasteiger partial charge on any atom is 0.136 e. The quantitative estimate of drug-likeness (QED) is 0.594. The number of hydrogen-bond donors (Lipinski definition) is 0. The Labute approximate surface area is 168 Å². The van der Waals surface area contributed by atoms with Gasteiger partial charge in [0.25, 0.3) is 0 Å². The third-order valence-electron chi connectivity index (χ3n) is 4.54. The average molecular weight is 400 g/mol. The van der Waals surface area contributed by atoms with Crippen LogP contribution >= 0.6 is 35.3 Å². The van der Waals surface area contributed by atoms with Crippen LogP contribution in [0.1, 0.15) is 10.6 Å². The summed E-state index contributed by atoms with van der Waals surface area (Å²) in [5.74, 6) is 0.864. The highest BCUT2D eigenvalue weighted by atomic mass is 32.2. The molecule has 1 fully saturated rings. The number of para-hydroxylation sites is 1. The summed E-state index contributed by atoms with van der Waals surface area (Å²) < 4.78 is 2.26. The molecule has 1 aliphatic rings. The number of nitrogens with zero attached hydrogens (tertiary/aromatic N) is 3. The van der Waals surface area contributed by atoms with Gasteiger partial charge in [-0.05, 0) is 17.7 Å². The van der Waals surface area contributed by atoms with Crippen LogP contribution in [0.4, 0.5) is 0 Å². The van der Waals surface area contributed by atoms with Crippen LogP contribution in [0.15, 0.2) is 54.6 Å². The van der Waals surface area contributed by atoms with E-state index < -0.39 is 0 Å². The second-order valence-electron chi connectivity index (χ2n) is 6.38. The molecular weight excluding hydrogens is 378 g/mol. The second-order valence-corrected chi connectivity index (χ2v) is 9.10. The summed E-state index contributed by atoms with van der Waals surface area (Å²) in [6.07, 6.45) is 0. The van der Waals surface area contributed by atoms with Crippen LogP contribution < -0.4 is 0 Å². The van der Waals surface area contributed by atoms with Gasteiger partial charge in [-0.25, -0.2) is 4.98 Å². The molecule has 4 rings (SSSR count). The topological polar surface area (TPSA) is 19.4 Å². The normalized spacial score (nSPS) is 15.5. The van der Waals surface area contributed by atoms with Crippen molar-refractivity contribution in [2.24, 2.45) is 0 Å². The highest BCUT2D eigenvalue weighted by Crippen LogP contribution is 2.26. The van der Waals surface area contributed by atoms with Gasteiger partial charge in [0.2, 0.25) is 0 Å². The molecule has 2 aromatic carbocycles. The summed E-state index contributed by atoms with van der Waals surface area (Å²) in [5, 5.41) is 1.15. The molecule has 3 nitrogen and oxygen atoms in total. The number of thiazole rings is 1. The fourth-order valence-electron chi connectivity index (χ4n) is 3.13. The Bertz CT molecular complexity index is 837. The summed E-state index contributed by atoms with van der Waals surface area (Å²) >= 11 is 9.18. The molecule has 0 aliphatic carbocycles. The molecule has 3 aromatic rings. The number of thioether (sulfide) groups is 1. The summed E-state index contributed by atoms with van der Waals surface area (Å²) in [5.41, 5.74) is 2.47. The molecule has 0 N–H and O–H groups in total. The Hall–Kier alpha value is -1.47. The highest BCUT2D eigenvalue weighted by Gasteiger charge is 2.19. The van der Waals surface area contributed by atoms with E-state index in [1.807, 2.05) is 6.07 Å². The molecule has 0 spiro atoms. The lowest BCUT2D eigenvalue weighted by molar-refractivity contribution is 0.179. The minimum atomic E-state index is 0.864. The van der Waals surface area contributed by atoms with Crippen LogP contribution in [-0.2, 0) is 12.3 Å². The smallest absolute Gasteiger partial charge is 0.136 e. The van der Waals surface area contributed by atoms with Crippen molar-refractivity contribution in [3.63, 3.8) is 0 Å². The lowest BCUT2D eigenvalue weighted by Crippen LogP contribution is -2.47. The Morgan fingerprint density at radius 2 is 1.73 bits per heavy atom. The minimum Gasteiger partial charge on any atom is -0.355 e. The van der Waals surface area contributed by atoms with E-state index in [9.17, 15) is 0 Å². The van der Waals surface area contributed by atoms with Crippen molar-refractivity contribution in [1.82, 2.24) is 14.8 Å². The maximum atomic E-state index is 5.67. The van der Waals surface area contributed by atoms with E-state index in [0.717, 1.165) is 53.3 Å². The van der Waals surface area contributed by atoms with Crippen molar-refractivity contribution < 1.29 is 0 Å². The minimum absolute atomic E-state index is 0.864. The first-order valence-corrected chi connectivity index (χ1v) is 11.0. The standard InChI is InChI=1S/C20H21N3S3/c24-20(25-15-19-21-17-8-4-5-9-18(17)26-19)23-12-10-22(11-13-23)14-16-6-2-1-3-7-16/h1-9H,10-15H2. The fourth-order valence-corrected chi connectivity index (χ4v) is 5.34. The molecule has 0 unspecified atom stereocenters. The number of thiocarbonyl (C=S) groups is 1. The average Bonchev–Trinajstić information content (AvgIpc) is 3.10. The zero-order chi connectivity index (χ0) is 17.8. The van der Waals surface area contributed by atoms with Crippen molar-refractivity contribution in [1.29, 1.82) is 0 Å². The first-order valence-electron chi connectivity index (χ1n) is 8.80. The SMILES string of the molecule is S=C(SCc1nc2ccccc2s1)N1CCN(Cc2ccccc2)CC1. The van der Waals surface area contributed by atoms with Crippen molar-refractivity contribution in [3.8, 4) is 0 Å². The monoisotopic (exact) mass is 399 g/mol. The van der Waals surface area contributed by atoms with Crippen LogP contribution in [0.3, 0.4) is 0 Å². The van der Waals surface area contributed by atoms with Gasteiger partial charge in [-0.1, -0.05) is 66.4 Å². The lowest BCUT2D eigenvalue weighted by atomic mass is 10.2. The van der Waals surface area contributed by atoms with E-state index in [0.29, 0.717) is 0 Å². The van der Waals surface area contributed by atoms with Crippen molar-refractivity contribution >= 4 is 49.9 Å². The zero-order valence-corrected chi connectivity index (χ0v) is 17.0. The molecule has 26 heavy (non-hydrogen) atoms. The summed E-state index contributed by atoms with van der Waals surface area (Å²) in [6, 6.07) is 19.0. The molecule has 0 saturated carbocycles. The molecular formula is C20H21N3S3. The van der Waals surface area contributed by atoms with Crippen LogP contribution in [0.5, 0.6) is 0 Å². The maximum absolute atomic E-state index is 5.67. The van der Waals surface area contributed by atoms with Gasteiger partial charge < -0.3 is 4.90 Å². The Kier molecular flexibility index (Phi) is 5.84. The Morgan fingerprint density at radius 3 is 2.50 bits per heavy atom. The molecule has 0 amide bonds. The molecule has 0 atom stereocenters. The van der Waals surface area contributed by atoms with Gasteiger partial charge in [0.05, 0.1) is 16.0 Å². The van der Waals surface area contributed by atoms with E-state index >= 15 is 0 Å². The molecule has 2 heterocycles. The van der Waals surface area contributed by atoms with Gasteiger partial charge in [0.1, 0.15) is 9.33 Å². The van der Waals surface area contributed by atoms with E-state index in [-0.39, 0.29) is 0 Å². The molecule has 1 aliphatic heterocycles. The summed E-state index contributed by atoms with van der Waals surface area (Å²) in [7, 11) is 0. The van der Waals surface area contributed by atoms with E-state index in [1.165, 1.54) is 10.3 Å². The van der Waals surface area contributed by atoms with Gasteiger partial charge in [-0.15, -0.1) is 11.3 Å². The predicted molar refractivity (Wildman–Crippen MR) is 117 cm³/mol. The Balaban J connectivity index is 1.25. The van der Waals surface area contributed by atoms with Crippen LogP contribution in [-0.4, -0.2) is 45.3 Å². The van der Waals surface area contributed by atoms with Crippen molar-refractivity contribution in [3.05, 3.63) is 65.2 Å². The van der Waals surface area contributed by atoms with Crippen LogP contribution in [0.2, 0.25) is 0 Å². The summed E-state index contributed by atoms with van der Waals surface area (Å²) in [6.45, 7) is 5.19. The summed E-state index contributed by atoms with van der Waals surface area (Å²) in [4.78, 5) is 9.55. The van der Waals surface area contributed by atoms with E-state index in [4.69, 9.17) is 17.2 Å². The number of piperazine rings is 1. The van der Waals surface area contributed by atoms with Gasteiger partial charge in [0, 0.05) is 32.7 Å². The number of rotatable bonds is 4. The molecule has 0 radical (unpaired) electrons. The van der Waals surface area contributed by atoms with Crippen LogP contribution in [0.25, 0.3) is 10.2 Å². The van der Waals surface area contributed by atoms with Gasteiger partial charge >= 0.3 is 0 Å². The number of hydrogen-bond acceptors (Lipinski definition) is 5. The first-order chi connectivity index (χ1) is 12.8. The van der Waals surface area contributed by atoms with E-state index in [2.05, 4.69) is 58.3 Å². The molecule has 134 valence electrons. The first kappa shape index (κ1) is 17.9. The third kappa shape index (κ3) is 4.43. The number of benzene rings is 2. The largest absolute Gasteiger partial charge is 0.355 e. The van der Waals surface area contributed by atoms with Crippen LogP contribution in [0, 0.1) is 0 Å². The second kappa shape index (κ2) is 8.48. The highest BCUT2D eigenvalue weighted by molar-refractivity contribution is 8.22. The third-order valence-corrected chi connectivity index (χ3v) is 7.29. The molecule has 1 saturated heterocycles. The van der Waals surface area contributed by atoms with Crippen molar-refractivity contribution in [2.45, 2.75) is 12.3 Å². The molecule has 1 aromatic heterocycles. The molecule has 6 heteroatoms. The van der Waals surface area contributed by atoms with Gasteiger partial charge in [-0.2, -0.15) is 0 Å². The predicted octanol–water partition coefficient (Wildman–Crippen LogP) is 4.63. The lowest BCUT2D eigenvalue weighted by Gasteiger charge is -2.35. The number of fused-ring (bicyclic) bond motifs is 1. The zero-order valence-electron chi connectivity index (χ0n) is 14.5. The molecule has 0 bridgehead atoms. The fraction of sp³-hybridized carbons (Fsp3) is 0.300. The Morgan fingerprint density at radius 1 is 1.00 bits per heavy atom.